The first-order valence-corrected chi connectivity index (χ1v) is 13.8. The second kappa shape index (κ2) is 12.1. The molecule has 35 heavy (non-hydrogen) atoms. The number of hydrogen-bond donors (Lipinski definition) is 1. The van der Waals surface area contributed by atoms with Crippen molar-refractivity contribution in [3.63, 3.8) is 0 Å². The molecule has 1 aliphatic rings. The summed E-state index contributed by atoms with van der Waals surface area (Å²) in [6.45, 7) is 5.24. The molecule has 1 fully saturated rings. The van der Waals surface area contributed by atoms with E-state index in [1.165, 1.54) is 43.0 Å². The highest BCUT2D eigenvalue weighted by molar-refractivity contribution is 7.92. The zero-order chi connectivity index (χ0) is 25.4. The predicted octanol–water partition coefficient (Wildman–Crippen LogP) is 3.75. The maximum Gasteiger partial charge on any atom is 0.271 e. The molecule has 2 aromatic carbocycles. The third kappa shape index (κ3) is 7.76. The third-order valence-electron chi connectivity index (χ3n) is 6.27. The number of nitrogens with one attached hydrogen (secondary N) is 1. The number of nitro benzene ring substituents is 1. The summed E-state index contributed by atoms with van der Waals surface area (Å²) in [6.07, 6.45) is 5.22. The van der Waals surface area contributed by atoms with Crippen molar-refractivity contribution in [2.45, 2.75) is 52.1 Å². The van der Waals surface area contributed by atoms with Crippen LogP contribution in [0, 0.1) is 17.0 Å². The fourth-order valence-corrected chi connectivity index (χ4v) is 5.37. The normalized spacial score (nSPS) is 14.5. The first kappa shape index (κ1) is 26.6. The van der Waals surface area contributed by atoms with E-state index in [9.17, 15) is 23.3 Å². The van der Waals surface area contributed by atoms with E-state index >= 15 is 0 Å². The van der Waals surface area contributed by atoms with Crippen molar-refractivity contribution in [2.75, 3.05) is 30.2 Å². The lowest BCUT2D eigenvalue weighted by molar-refractivity contribution is -0.384. The quantitative estimate of drug-likeness (QED) is 0.370. The number of benzene rings is 2. The number of carbonyl (C=O) groups excluding carboxylic acids is 1. The smallest absolute Gasteiger partial charge is 0.271 e. The number of piperidine rings is 1. The van der Waals surface area contributed by atoms with Gasteiger partial charge in [-0.05, 0) is 56.0 Å². The summed E-state index contributed by atoms with van der Waals surface area (Å²) in [6, 6.07) is 12.2. The van der Waals surface area contributed by atoms with E-state index in [1.807, 2.05) is 18.2 Å². The number of likely N-dealkylation sites (tertiary alicyclic amines) is 1. The Morgan fingerprint density at radius 1 is 1.11 bits per heavy atom. The molecule has 1 aliphatic heterocycles. The average molecular weight is 503 g/mol. The van der Waals surface area contributed by atoms with Crippen molar-refractivity contribution in [2.24, 2.45) is 0 Å². The molecule has 0 unspecified atom stereocenters. The van der Waals surface area contributed by atoms with Crippen LogP contribution >= 0.6 is 0 Å². The molecule has 10 heteroatoms. The van der Waals surface area contributed by atoms with Gasteiger partial charge in [0.1, 0.15) is 0 Å². The van der Waals surface area contributed by atoms with Crippen LogP contribution in [0.25, 0.3) is 0 Å². The summed E-state index contributed by atoms with van der Waals surface area (Å²) >= 11 is 0. The van der Waals surface area contributed by atoms with Crippen molar-refractivity contribution in [1.82, 2.24) is 10.2 Å². The first-order valence-electron chi connectivity index (χ1n) is 11.9. The molecule has 1 heterocycles. The highest BCUT2D eigenvalue weighted by Crippen LogP contribution is 2.27. The number of sulfonamides is 1. The molecule has 0 radical (unpaired) electrons. The number of non-ortho nitro benzene ring substituents is 1. The van der Waals surface area contributed by atoms with E-state index in [-0.39, 0.29) is 36.7 Å². The lowest BCUT2D eigenvalue weighted by atomic mass is 10.0. The van der Waals surface area contributed by atoms with Gasteiger partial charge in [0.15, 0.2) is 0 Å². The Balaban J connectivity index is 1.57. The van der Waals surface area contributed by atoms with E-state index in [1.54, 1.807) is 6.92 Å². The van der Waals surface area contributed by atoms with Gasteiger partial charge in [0.2, 0.25) is 15.9 Å². The molecular formula is C25H34N4O5S. The molecule has 1 saturated heterocycles. The van der Waals surface area contributed by atoms with Crippen LogP contribution in [0.2, 0.25) is 0 Å². The molecule has 2 aromatic rings. The van der Waals surface area contributed by atoms with Gasteiger partial charge < -0.3 is 5.32 Å². The van der Waals surface area contributed by atoms with Gasteiger partial charge >= 0.3 is 0 Å². The van der Waals surface area contributed by atoms with Gasteiger partial charge in [-0.25, -0.2) is 8.42 Å². The summed E-state index contributed by atoms with van der Waals surface area (Å²) in [5.74, 6) is -0.165. The van der Waals surface area contributed by atoms with E-state index < -0.39 is 14.9 Å². The summed E-state index contributed by atoms with van der Waals surface area (Å²) in [4.78, 5) is 25.6. The Kier molecular flexibility index (Phi) is 9.22. The number of amides is 1. The zero-order valence-electron chi connectivity index (χ0n) is 20.4. The minimum absolute atomic E-state index is 0.0554. The number of anilines is 1. The van der Waals surface area contributed by atoms with Gasteiger partial charge in [-0.2, -0.15) is 0 Å². The molecular weight excluding hydrogens is 468 g/mol. The topological polar surface area (TPSA) is 113 Å². The Morgan fingerprint density at radius 3 is 2.46 bits per heavy atom. The van der Waals surface area contributed by atoms with Crippen LogP contribution in [0.5, 0.6) is 0 Å². The monoisotopic (exact) mass is 502 g/mol. The number of hydrogen-bond acceptors (Lipinski definition) is 6. The van der Waals surface area contributed by atoms with Gasteiger partial charge in [0, 0.05) is 38.2 Å². The molecule has 0 saturated carbocycles. The molecule has 3 rings (SSSR count). The molecule has 0 spiro atoms. The molecule has 9 nitrogen and oxygen atoms in total. The number of nitro groups is 1. The third-order valence-corrected chi connectivity index (χ3v) is 7.45. The van der Waals surface area contributed by atoms with Gasteiger partial charge in [0.05, 0.1) is 16.9 Å². The van der Waals surface area contributed by atoms with E-state index in [2.05, 4.69) is 16.3 Å². The van der Waals surface area contributed by atoms with Crippen molar-refractivity contribution in [3.8, 4) is 0 Å². The summed E-state index contributed by atoms with van der Waals surface area (Å²) in [5.41, 5.74) is 2.97. The SMILES string of the molecule is Cc1ccc([N+](=O)[O-])cc1N(CCCC(=O)NCc1ccccc1CN1CCCCC1)S(C)(=O)=O. The number of aryl methyl sites for hydroxylation is 1. The molecule has 0 bridgehead atoms. The maximum absolute atomic E-state index is 12.5. The second-order valence-corrected chi connectivity index (χ2v) is 11.0. The van der Waals surface area contributed by atoms with E-state index in [0.717, 1.165) is 35.8 Å². The number of carbonyl (C=O) groups is 1. The largest absolute Gasteiger partial charge is 0.352 e. The molecule has 0 aromatic heterocycles. The lowest BCUT2D eigenvalue weighted by Gasteiger charge is -2.27. The Morgan fingerprint density at radius 2 is 1.80 bits per heavy atom. The molecule has 0 atom stereocenters. The van der Waals surface area contributed by atoms with Crippen molar-refractivity contribution < 1.29 is 18.1 Å². The van der Waals surface area contributed by atoms with Crippen LogP contribution in [0.3, 0.4) is 0 Å². The van der Waals surface area contributed by atoms with Gasteiger partial charge in [-0.3, -0.25) is 24.1 Å². The summed E-state index contributed by atoms with van der Waals surface area (Å²) in [7, 11) is -3.68. The van der Waals surface area contributed by atoms with E-state index in [0.29, 0.717) is 12.1 Å². The molecule has 1 amide bonds. The van der Waals surface area contributed by atoms with Gasteiger partial charge in [-0.1, -0.05) is 36.8 Å². The van der Waals surface area contributed by atoms with Crippen LogP contribution in [-0.4, -0.2) is 50.0 Å². The Labute approximate surface area is 207 Å². The minimum Gasteiger partial charge on any atom is -0.352 e. The Hall–Kier alpha value is -2.98. The second-order valence-electron chi connectivity index (χ2n) is 9.05. The fraction of sp³-hybridized carbons (Fsp3) is 0.480. The minimum atomic E-state index is -3.68. The molecule has 190 valence electrons. The molecule has 1 N–H and O–H groups in total. The fourth-order valence-electron chi connectivity index (χ4n) is 4.35. The maximum atomic E-state index is 12.5. The summed E-state index contributed by atoms with van der Waals surface area (Å²) < 4.78 is 25.9. The van der Waals surface area contributed by atoms with Crippen molar-refractivity contribution in [3.05, 3.63) is 69.3 Å². The van der Waals surface area contributed by atoms with Gasteiger partial charge in [0.25, 0.3) is 5.69 Å². The van der Waals surface area contributed by atoms with Gasteiger partial charge in [-0.15, -0.1) is 0 Å². The summed E-state index contributed by atoms with van der Waals surface area (Å²) in [5, 5.41) is 14.1. The number of rotatable bonds is 11. The van der Waals surface area contributed by atoms with Crippen LogP contribution < -0.4 is 9.62 Å². The number of nitrogens with zero attached hydrogens (tertiary/aromatic N) is 3. The lowest BCUT2D eigenvalue weighted by Crippen LogP contribution is -2.33. The molecule has 0 aliphatic carbocycles. The Bertz CT molecular complexity index is 1150. The van der Waals surface area contributed by atoms with Crippen LogP contribution in [-0.2, 0) is 27.9 Å². The van der Waals surface area contributed by atoms with Crippen LogP contribution in [0.1, 0.15) is 48.8 Å². The van der Waals surface area contributed by atoms with Crippen molar-refractivity contribution >= 4 is 27.3 Å². The van der Waals surface area contributed by atoms with Crippen LogP contribution in [0.15, 0.2) is 42.5 Å². The highest BCUT2D eigenvalue weighted by Gasteiger charge is 2.22. The van der Waals surface area contributed by atoms with Crippen LogP contribution in [0.4, 0.5) is 11.4 Å². The standard InChI is InChI=1S/C25H34N4O5S/c1-20-12-13-23(29(31)32)17-24(20)28(35(2,33)34)16-8-11-25(30)26-18-21-9-4-5-10-22(21)19-27-14-6-3-7-15-27/h4-5,9-10,12-13,17H,3,6-8,11,14-16,18-19H2,1-2H3,(H,26,30). The predicted molar refractivity (Wildman–Crippen MR) is 137 cm³/mol. The first-order chi connectivity index (χ1) is 16.6. The average Bonchev–Trinajstić information content (AvgIpc) is 2.81. The van der Waals surface area contributed by atoms with E-state index in [4.69, 9.17) is 0 Å². The zero-order valence-corrected chi connectivity index (χ0v) is 21.2. The van der Waals surface area contributed by atoms with Crippen molar-refractivity contribution in [1.29, 1.82) is 0 Å². The highest BCUT2D eigenvalue weighted by atomic mass is 32.2.